The molecule has 31 heteroatoms. The van der Waals surface area contributed by atoms with Crippen molar-refractivity contribution in [3.05, 3.63) is 0 Å². The van der Waals surface area contributed by atoms with Gasteiger partial charge in [-0.2, -0.15) is 0 Å². The number of hydrogen-bond donors (Lipinski definition) is 0. The fourth-order valence-electron chi connectivity index (χ4n) is 11.1. The molecule has 0 N–H and O–H groups in total. The molecular formula is H64Si31. The van der Waals surface area contributed by atoms with Crippen LogP contribution >= 0.6 is 0 Å². The van der Waals surface area contributed by atoms with E-state index in [0.29, 0.717) is 0 Å². The first-order valence-electron chi connectivity index (χ1n) is 12.9. The molecule has 0 nitrogen and oxygen atoms in total. The molecule has 0 radical (unpaired) electrons. The molecule has 0 aliphatic carbocycles. The molecule has 0 amide bonds. The maximum atomic E-state index is 2.10. The third kappa shape index (κ3) is 6.17. The summed E-state index contributed by atoms with van der Waals surface area (Å²) in [5.74, 6) is 0. The molecule has 0 aliphatic heterocycles. The van der Waals surface area contributed by atoms with Gasteiger partial charge in [-0.3, -0.25) is 0 Å². The van der Waals surface area contributed by atoms with Crippen LogP contribution in [0.4, 0.5) is 0 Å². The van der Waals surface area contributed by atoms with Crippen molar-refractivity contribution in [1.29, 1.82) is 0 Å². The highest BCUT2D eigenvalue weighted by molar-refractivity contribution is 8.57. The molecule has 188 valence electrons. The first kappa shape index (κ1) is 37.7. The molecule has 0 aromatic carbocycles. The third-order valence-corrected chi connectivity index (χ3v) is 784. The van der Waals surface area contributed by atoms with Gasteiger partial charge in [0.15, 0.2) is 0 Å². The molecule has 1 unspecified atom stereocenters. The molecule has 0 heterocycles. The minimum atomic E-state index is -0.554. The quantitative estimate of drug-likeness (QED) is 0.202. The van der Waals surface area contributed by atoms with Crippen LogP contribution in [0.25, 0.3) is 0 Å². The average molecular weight is 935 g/mol. The summed E-state index contributed by atoms with van der Waals surface area (Å²) in [5, 5.41) is 0. The summed E-state index contributed by atoms with van der Waals surface area (Å²) in [6.45, 7) is 0. The van der Waals surface area contributed by atoms with E-state index in [2.05, 4.69) is 9.76 Å². The average Bonchev–Trinajstić information content (AvgIpc) is 2.34. The minimum absolute atomic E-state index is 0.0163. The zero-order valence-electron chi connectivity index (χ0n) is 26.1. The first-order chi connectivity index (χ1) is 12.9. The number of rotatable bonds is 9. The number of hydrogen-bond acceptors (Lipinski definition) is 0. The largest absolute Gasteiger partial charge is 0.0114 e. The van der Waals surface area contributed by atoms with E-state index in [1.54, 1.807) is 0 Å². The molecular weight excluding hydrogens is 871 g/mol. The summed E-state index contributed by atoms with van der Waals surface area (Å²) >= 11 is 0. The van der Waals surface area contributed by atoms with Gasteiger partial charge in [0.25, 0.3) is 0 Å². The van der Waals surface area contributed by atoms with Gasteiger partial charge in [-0.15, -0.1) is 0 Å². The van der Waals surface area contributed by atoms with Gasteiger partial charge >= 0.3 is 0 Å². The fraction of sp³-hybridized carbons (Fsp3) is 0. The van der Waals surface area contributed by atoms with E-state index in [1.807, 2.05) is 195 Å². The van der Waals surface area contributed by atoms with Crippen LogP contribution in [0.1, 0.15) is 0 Å². The maximum absolute atomic E-state index is 2.10. The van der Waals surface area contributed by atoms with E-state index in [4.69, 9.17) is 0 Å². The second kappa shape index (κ2) is 11.5. The summed E-state index contributed by atoms with van der Waals surface area (Å²) in [6.07, 6.45) is -4.36. The van der Waals surface area contributed by atoms with Gasteiger partial charge in [0.1, 0.15) is 0 Å². The van der Waals surface area contributed by atoms with Crippen molar-refractivity contribution < 1.29 is 0 Å². The van der Waals surface area contributed by atoms with E-state index in [1.165, 1.54) is 0 Å². The molecule has 0 aliphatic rings. The monoisotopic (exact) mass is 932 g/mol. The SMILES string of the molecule is [SiH3][SiH]([SiH3])[Si]([SiH3])([Si]([SiH3])([SiH3])[SiH3])[Si]([Si]([SiH3])([SiH3])[SiH3])([Si]([SiH3])([SiH3])[SiH3])[Si]([Si]([SiH3])([SiH3])[SiH3])([Si]([SiH3])([SiH3])[SiH3])[Si]([SiH3])([SiH3])[SiH3]. The lowest BCUT2D eigenvalue weighted by Gasteiger charge is -2.81. The first-order valence-corrected chi connectivity index (χ1v) is 116. The minimum Gasteiger partial charge on any atom is -0.0114 e. The molecule has 1 atom stereocenters. The Hall–Kier alpha value is 6.72. The second-order valence-corrected chi connectivity index (χ2v) is 469. The summed E-state index contributed by atoms with van der Waals surface area (Å²) < 4.78 is 0. The van der Waals surface area contributed by atoms with E-state index in [0.717, 1.165) is 0 Å². The van der Waals surface area contributed by atoms with Gasteiger partial charge in [0.05, 0.1) is 0 Å². The Bertz CT molecular complexity index is 552. The second-order valence-electron chi connectivity index (χ2n) is 17.4. The highest BCUT2D eigenvalue weighted by Gasteiger charge is 2.82. The predicted octanol–water partition coefficient (Wildman–Crippen LogP) is -28.9. The lowest BCUT2D eigenvalue weighted by atomic mass is 25.3. The zero-order valence-corrected chi connectivity index (χ0v) is 78.2. The van der Waals surface area contributed by atoms with Crippen molar-refractivity contribution in [1.82, 2.24) is 0 Å². The lowest BCUT2D eigenvalue weighted by Crippen LogP contribution is -3.18. The van der Waals surface area contributed by atoms with E-state index >= 15 is 0 Å². The topological polar surface area (TPSA) is 0 Å². The molecule has 0 rings (SSSR count). The maximum Gasteiger partial charge on any atom is -0.00101 e. The van der Waals surface area contributed by atoms with Crippen molar-refractivity contribution in [2.75, 3.05) is 0 Å². The molecule has 0 spiro atoms. The molecule has 31 heavy (non-hydrogen) atoms. The Morgan fingerprint density at radius 1 is 0.290 bits per heavy atom. The van der Waals surface area contributed by atoms with Crippen LogP contribution in [0.2, 0.25) is 0 Å². The van der Waals surface area contributed by atoms with Crippen LogP contribution in [-0.2, 0) is 0 Å². The predicted molar refractivity (Wildman–Crippen MR) is 268 cm³/mol. The van der Waals surface area contributed by atoms with Gasteiger partial charge in [-0.1, -0.05) is 0 Å². The van der Waals surface area contributed by atoms with Crippen LogP contribution in [0.3, 0.4) is 0 Å². The van der Waals surface area contributed by atoms with Gasteiger partial charge in [0, 0.05) is 0 Å². The molecule has 0 fully saturated rings. The summed E-state index contributed by atoms with van der Waals surface area (Å²) in [5.41, 5.74) is 0. The van der Waals surface area contributed by atoms with Crippen LogP contribution < -0.4 is 0 Å². The van der Waals surface area contributed by atoms with Gasteiger partial charge in [0.2, 0.25) is 0 Å². The normalized spacial score (nSPS) is 33.7. The lowest BCUT2D eigenvalue weighted by molar-refractivity contribution is 2.95. The van der Waals surface area contributed by atoms with E-state index in [9.17, 15) is 0 Å². The highest BCUT2D eigenvalue weighted by atomic mass is 30.9. The third-order valence-electron chi connectivity index (χ3n) is 9.68. The fourth-order valence-corrected chi connectivity index (χ4v) is 2700. The molecule has 0 aromatic heterocycles. The van der Waals surface area contributed by atoms with Crippen LogP contribution in [0, 0.1) is 0 Å². The van der Waals surface area contributed by atoms with Crippen molar-refractivity contribution in [3.63, 3.8) is 0 Å². The van der Waals surface area contributed by atoms with E-state index < -0.39 is 55.3 Å². The van der Waals surface area contributed by atoms with Crippen molar-refractivity contribution in [2.45, 2.75) is 0 Å². The Morgan fingerprint density at radius 2 is 0.484 bits per heavy atom. The van der Waals surface area contributed by atoms with E-state index in [-0.39, 0.29) is 7.35 Å². The Labute approximate surface area is 263 Å². The van der Waals surface area contributed by atoms with Crippen molar-refractivity contribution in [2.24, 2.45) is 0 Å². The van der Waals surface area contributed by atoms with Gasteiger partial charge in [-0.25, -0.2) is 0 Å². The van der Waals surface area contributed by atoms with Crippen LogP contribution in [0.5, 0.6) is 0 Å². The van der Waals surface area contributed by atoms with Crippen molar-refractivity contribution in [3.8, 4) is 0 Å². The standard InChI is InChI=1S/H64Si31/c1-22(2)29(21,23(3,4)5)31(27(15,16)17,28(18,19)20)30(24(6,7)8,25(9,10)11)26(12,13)14/h22H,1-21H3. The van der Waals surface area contributed by atoms with Crippen LogP contribution in [0.15, 0.2) is 0 Å². The molecule has 0 saturated carbocycles. The Morgan fingerprint density at radius 3 is 0.581 bits per heavy atom. The van der Waals surface area contributed by atoms with Gasteiger partial charge in [-0.05, 0) is 268 Å². The Kier molecular flexibility index (Phi) is 14.0. The molecule has 0 bridgehead atoms. The van der Waals surface area contributed by atoms with Gasteiger partial charge < -0.3 is 0 Å². The summed E-state index contributed by atoms with van der Waals surface area (Å²) in [6, 6.07) is 0. The summed E-state index contributed by atoms with van der Waals surface area (Å²) in [4.78, 5) is 0. The van der Waals surface area contributed by atoms with Crippen LogP contribution in [-0.4, -0.2) is 268 Å². The highest BCUT2D eigenvalue weighted by Crippen LogP contribution is 2.44. The smallest absolute Gasteiger partial charge is 0.00101 e. The Balaban J connectivity index is 8.90. The zero-order chi connectivity index (χ0) is 26.1. The summed E-state index contributed by atoms with van der Waals surface area (Å²) in [7, 11) is 41.7. The molecule has 0 aromatic rings. The molecule has 0 saturated heterocycles. The van der Waals surface area contributed by atoms with Crippen molar-refractivity contribution >= 4 is 268 Å².